The molecule has 0 spiro atoms. The van der Waals surface area contributed by atoms with E-state index < -0.39 is 0 Å². The zero-order valence-corrected chi connectivity index (χ0v) is 22.2. The molecule has 0 bridgehead atoms. The first-order valence-corrected chi connectivity index (χ1v) is 13.4. The second-order valence-electron chi connectivity index (χ2n) is 11.1. The van der Waals surface area contributed by atoms with Gasteiger partial charge in [-0.25, -0.2) is 0 Å². The molecule has 0 radical (unpaired) electrons. The molecule has 0 aromatic heterocycles. The molecule has 1 unspecified atom stereocenters. The van der Waals surface area contributed by atoms with Gasteiger partial charge in [-0.05, 0) is 98.1 Å². The number of carbonyl (C=O) groups is 1. The quantitative estimate of drug-likeness (QED) is 0.370. The number of aliphatic hydroxyl groups excluding tert-OH is 1. The molecule has 4 heteroatoms. The van der Waals surface area contributed by atoms with Gasteiger partial charge in [0.1, 0.15) is 18.5 Å². The standard InChI is InChI=1S/C31H42O4/c1-6-31(7-2,24-10-8-23(21(3)18-24)9-14-28(32)30(5)16-17-30)25-11-13-27(22(4)19-25)34-20-26-12-15-29(33)35-26/h8,10-11,13,18-19,26,28,32H,6-7,9,12,14-17,20H2,1-5H3/t26-,28?/m1/s1. The predicted octanol–water partition coefficient (Wildman–Crippen LogP) is 6.59. The summed E-state index contributed by atoms with van der Waals surface area (Å²) in [5.74, 6) is 0.725. The fourth-order valence-corrected chi connectivity index (χ4v) is 5.67. The van der Waals surface area contributed by atoms with Gasteiger partial charge in [-0.1, -0.05) is 51.1 Å². The van der Waals surface area contributed by atoms with Crippen LogP contribution in [0.15, 0.2) is 36.4 Å². The van der Waals surface area contributed by atoms with Crippen LogP contribution in [0.25, 0.3) is 0 Å². The van der Waals surface area contributed by atoms with Gasteiger partial charge in [-0.2, -0.15) is 0 Å². The number of rotatable bonds is 11. The number of cyclic esters (lactones) is 1. The van der Waals surface area contributed by atoms with Gasteiger partial charge in [0.2, 0.25) is 0 Å². The van der Waals surface area contributed by atoms with Gasteiger partial charge in [-0.3, -0.25) is 4.79 Å². The number of carbonyl (C=O) groups excluding carboxylic acids is 1. The Hall–Kier alpha value is -2.33. The minimum absolute atomic E-state index is 0.0609. The van der Waals surface area contributed by atoms with E-state index in [1.807, 2.05) is 0 Å². The summed E-state index contributed by atoms with van der Waals surface area (Å²) >= 11 is 0. The third-order valence-electron chi connectivity index (χ3n) is 8.75. The van der Waals surface area contributed by atoms with Gasteiger partial charge >= 0.3 is 5.97 Å². The van der Waals surface area contributed by atoms with Crippen molar-refractivity contribution in [3.63, 3.8) is 0 Å². The molecule has 2 aromatic carbocycles. The maximum atomic E-state index is 11.4. The molecule has 2 aromatic rings. The molecular weight excluding hydrogens is 436 g/mol. The number of ether oxygens (including phenoxy) is 2. The summed E-state index contributed by atoms with van der Waals surface area (Å²) in [4.78, 5) is 11.4. The van der Waals surface area contributed by atoms with Crippen molar-refractivity contribution in [2.45, 2.75) is 104 Å². The second kappa shape index (κ2) is 10.3. The summed E-state index contributed by atoms with van der Waals surface area (Å²) < 4.78 is 11.3. The Morgan fingerprint density at radius 2 is 1.74 bits per heavy atom. The molecule has 0 amide bonds. The third kappa shape index (κ3) is 5.43. The van der Waals surface area contributed by atoms with Gasteiger partial charge < -0.3 is 14.6 Å². The summed E-state index contributed by atoms with van der Waals surface area (Å²) in [7, 11) is 0. The highest BCUT2D eigenvalue weighted by Gasteiger charge is 2.43. The van der Waals surface area contributed by atoms with Gasteiger partial charge in [0, 0.05) is 11.8 Å². The lowest BCUT2D eigenvalue weighted by atomic mass is 9.69. The van der Waals surface area contributed by atoms with E-state index in [4.69, 9.17) is 9.47 Å². The second-order valence-corrected chi connectivity index (χ2v) is 11.1. The lowest BCUT2D eigenvalue weighted by molar-refractivity contribution is -0.142. The van der Waals surface area contributed by atoms with Crippen LogP contribution in [0, 0.1) is 19.3 Å². The van der Waals surface area contributed by atoms with E-state index >= 15 is 0 Å². The lowest BCUT2D eigenvalue weighted by Gasteiger charge is -2.34. The number of benzene rings is 2. The first-order valence-electron chi connectivity index (χ1n) is 13.4. The Kier molecular flexibility index (Phi) is 7.61. The van der Waals surface area contributed by atoms with Crippen LogP contribution in [-0.2, 0) is 21.4 Å². The highest BCUT2D eigenvalue weighted by atomic mass is 16.6. The molecule has 35 heavy (non-hydrogen) atoms. The largest absolute Gasteiger partial charge is 0.489 e. The fourth-order valence-electron chi connectivity index (χ4n) is 5.67. The molecule has 2 aliphatic rings. The minimum Gasteiger partial charge on any atom is -0.489 e. The first kappa shape index (κ1) is 25.8. The summed E-state index contributed by atoms with van der Waals surface area (Å²) in [6.07, 6.45) is 6.97. The van der Waals surface area contributed by atoms with Crippen LogP contribution in [0.4, 0.5) is 0 Å². The molecule has 1 saturated heterocycles. The molecule has 2 atom stereocenters. The predicted molar refractivity (Wildman–Crippen MR) is 140 cm³/mol. The Balaban J connectivity index is 1.50. The van der Waals surface area contributed by atoms with E-state index in [9.17, 15) is 9.90 Å². The molecule has 4 nitrogen and oxygen atoms in total. The molecule has 1 aliphatic carbocycles. The van der Waals surface area contributed by atoms with Crippen LogP contribution < -0.4 is 4.74 Å². The highest BCUT2D eigenvalue weighted by molar-refractivity contribution is 5.71. The van der Waals surface area contributed by atoms with E-state index in [2.05, 4.69) is 71.0 Å². The monoisotopic (exact) mass is 478 g/mol. The van der Waals surface area contributed by atoms with E-state index in [-0.39, 0.29) is 29.0 Å². The van der Waals surface area contributed by atoms with Crippen LogP contribution in [0.3, 0.4) is 0 Å². The summed E-state index contributed by atoms with van der Waals surface area (Å²) in [6, 6.07) is 13.5. The smallest absolute Gasteiger partial charge is 0.306 e. The van der Waals surface area contributed by atoms with Crippen molar-refractivity contribution >= 4 is 5.97 Å². The Bertz CT molecular complexity index is 1050. The molecule has 4 rings (SSSR count). The average Bonchev–Trinajstić information content (AvgIpc) is 3.47. The van der Waals surface area contributed by atoms with E-state index in [1.54, 1.807) is 0 Å². The van der Waals surface area contributed by atoms with E-state index in [1.165, 1.54) is 22.3 Å². The maximum absolute atomic E-state index is 11.4. The zero-order valence-electron chi connectivity index (χ0n) is 22.2. The van der Waals surface area contributed by atoms with Crippen molar-refractivity contribution < 1.29 is 19.4 Å². The van der Waals surface area contributed by atoms with Crippen molar-refractivity contribution in [3.8, 4) is 5.75 Å². The van der Waals surface area contributed by atoms with Crippen molar-refractivity contribution in [3.05, 3.63) is 64.2 Å². The molecule has 1 saturated carbocycles. The molecular formula is C31H42O4. The third-order valence-corrected chi connectivity index (χ3v) is 8.75. The van der Waals surface area contributed by atoms with Crippen molar-refractivity contribution in [2.75, 3.05) is 6.61 Å². The SMILES string of the molecule is CCC(CC)(c1ccc(CCC(O)C2(C)CC2)c(C)c1)c1ccc(OC[C@H]2CCC(=O)O2)c(C)c1. The first-order chi connectivity index (χ1) is 16.7. The van der Waals surface area contributed by atoms with Crippen LogP contribution in [0.2, 0.25) is 0 Å². The van der Waals surface area contributed by atoms with Crippen LogP contribution >= 0.6 is 0 Å². The molecule has 1 N–H and O–H groups in total. The summed E-state index contributed by atoms with van der Waals surface area (Å²) in [5.41, 5.74) is 6.51. The van der Waals surface area contributed by atoms with Crippen LogP contribution in [-0.4, -0.2) is 29.9 Å². The molecule has 190 valence electrons. The maximum Gasteiger partial charge on any atom is 0.306 e. The summed E-state index contributed by atoms with van der Waals surface area (Å²) in [5, 5.41) is 10.5. The number of aliphatic hydroxyl groups is 1. The van der Waals surface area contributed by atoms with Crippen molar-refractivity contribution in [2.24, 2.45) is 5.41 Å². The Morgan fingerprint density at radius 1 is 1.09 bits per heavy atom. The number of aryl methyl sites for hydroxylation is 3. The normalized spacial score (nSPS) is 19.9. The van der Waals surface area contributed by atoms with Gasteiger partial charge in [0.15, 0.2) is 0 Å². The topological polar surface area (TPSA) is 55.8 Å². The van der Waals surface area contributed by atoms with Crippen molar-refractivity contribution in [1.82, 2.24) is 0 Å². The number of esters is 1. The highest BCUT2D eigenvalue weighted by Crippen LogP contribution is 2.49. The van der Waals surface area contributed by atoms with Crippen LogP contribution in [0.5, 0.6) is 5.75 Å². The number of hydrogen-bond donors (Lipinski definition) is 1. The fraction of sp³-hybridized carbons (Fsp3) is 0.581. The average molecular weight is 479 g/mol. The molecule has 1 heterocycles. The Labute approximate surface area is 211 Å². The van der Waals surface area contributed by atoms with Gasteiger partial charge in [0.05, 0.1) is 6.10 Å². The van der Waals surface area contributed by atoms with E-state index in [0.29, 0.717) is 13.0 Å². The molecule has 2 fully saturated rings. The van der Waals surface area contributed by atoms with Crippen LogP contribution in [0.1, 0.15) is 93.5 Å². The molecule has 1 aliphatic heterocycles. The van der Waals surface area contributed by atoms with Crippen molar-refractivity contribution in [1.29, 1.82) is 0 Å². The lowest BCUT2D eigenvalue weighted by Crippen LogP contribution is -2.26. The number of hydrogen-bond acceptors (Lipinski definition) is 4. The van der Waals surface area contributed by atoms with Gasteiger partial charge in [0.25, 0.3) is 0 Å². The minimum atomic E-state index is -0.198. The zero-order chi connectivity index (χ0) is 25.2. The Morgan fingerprint density at radius 3 is 2.29 bits per heavy atom. The summed E-state index contributed by atoms with van der Waals surface area (Å²) in [6.45, 7) is 11.5. The van der Waals surface area contributed by atoms with Gasteiger partial charge in [-0.15, -0.1) is 0 Å². The van der Waals surface area contributed by atoms with E-state index in [0.717, 1.165) is 56.3 Å².